The molecule has 6 heteroatoms. The van der Waals surface area contributed by atoms with Gasteiger partial charge in [0.25, 0.3) is 5.91 Å². The van der Waals surface area contributed by atoms with Gasteiger partial charge in [0.2, 0.25) is 5.91 Å². The van der Waals surface area contributed by atoms with Crippen LogP contribution >= 0.6 is 0 Å². The third-order valence-corrected chi connectivity index (χ3v) is 2.95. The van der Waals surface area contributed by atoms with Gasteiger partial charge in [-0.1, -0.05) is 18.2 Å². The number of anilines is 2. The molecule has 0 radical (unpaired) electrons. The van der Waals surface area contributed by atoms with Gasteiger partial charge in [0.05, 0.1) is 12.2 Å². The van der Waals surface area contributed by atoms with Crippen molar-refractivity contribution in [3.63, 3.8) is 0 Å². The SMILES string of the molecule is CNC(=O)c1cccc(NC(=O)CNc2ccccc2F)c1. The minimum Gasteiger partial charge on any atom is -0.374 e. The molecule has 5 nitrogen and oxygen atoms in total. The van der Waals surface area contributed by atoms with E-state index in [9.17, 15) is 14.0 Å². The van der Waals surface area contributed by atoms with E-state index >= 15 is 0 Å². The van der Waals surface area contributed by atoms with Crippen molar-refractivity contribution in [1.82, 2.24) is 5.32 Å². The molecule has 2 rings (SSSR count). The maximum absolute atomic E-state index is 13.4. The molecule has 2 amide bonds. The summed E-state index contributed by atoms with van der Waals surface area (Å²) in [6.07, 6.45) is 0. The van der Waals surface area contributed by atoms with Crippen LogP contribution in [0, 0.1) is 5.82 Å². The van der Waals surface area contributed by atoms with Crippen molar-refractivity contribution < 1.29 is 14.0 Å². The van der Waals surface area contributed by atoms with Crippen molar-refractivity contribution in [3.05, 3.63) is 59.9 Å². The Balaban J connectivity index is 1.95. The van der Waals surface area contributed by atoms with Crippen molar-refractivity contribution in [2.24, 2.45) is 0 Å². The van der Waals surface area contributed by atoms with Crippen LogP contribution in [-0.2, 0) is 4.79 Å². The summed E-state index contributed by atoms with van der Waals surface area (Å²) in [6.45, 7) is -0.0782. The summed E-state index contributed by atoms with van der Waals surface area (Å²) >= 11 is 0. The normalized spacial score (nSPS) is 9.91. The van der Waals surface area contributed by atoms with Crippen molar-refractivity contribution in [2.45, 2.75) is 0 Å². The second-order valence-corrected chi connectivity index (χ2v) is 4.54. The Morgan fingerprint density at radius 3 is 2.59 bits per heavy atom. The fourth-order valence-electron chi connectivity index (χ4n) is 1.87. The van der Waals surface area contributed by atoms with E-state index in [0.29, 0.717) is 11.3 Å². The zero-order chi connectivity index (χ0) is 15.9. The average Bonchev–Trinajstić information content (AvgIpc) is 2.53. The molecule has 0 unspecified atom stereocenters. The monoisotopic (exact) mass is 301 g/mol. The first-order chi connectivity index (χ1) is 10.6. The van der Waals surface area contributed by atoms with Crippen LogP contribution in [0.2, 0.25) is 0 Å². The fourth-order valence-corrected chi connectivity index (χ4v) is 1.87. The Labute approximate surface area is 127 Å². The summed E-state index contributed by atoms with van der Waals surface area (Å²) in [5.41, 5.74) is 1.21. The van der Waals surface area contributed by atoms with Gasteiger partial charge >= 0.3 is 0 Å². The smallest absolute Gasteiger partial charge is 0.251 e. The summed E-state index contributed by atoms with van der Waals surface area (Å²) < 4.78 is 13.4. The molecule has 0 saturated heterocycles. The van der Waals surface area contributed by atoms with Crippen LogP contribution < -0.4 is 16.0 Å². The Morgan fingerprint density at radius 2 is 1.86 bits per heavy atom. The van der Waals surface area contributed by atoms with Crippen LogP contribution in [0.5, 0.6) is 0 Å². The number of benzene rings is 2. The van der Waals surface area contributed by atoms with Crippen molar-refractivity contribution >= 4 is 23.2 Å². The molecule has 0 aromatic heterocycles. The van der Waals surface area contributed by atoms with Crippen LogP contribution in [0.4, 0.5) is 15.8 Å². The molecule has 0 spiro atoms. The molecule has 0 bridgehead atoms. The molecule has 0 aliphatic heterocycles. The molecule has 22 heavy (non-hydrogen) atoms. The number of hydrogen-bond acceptors (Lipinski definition) is 3. The molecule has 0 aliphatic rings. The summed E-state index contributed by atoms with van der Waals surface area (Å²) in [6, 6.07) is 12.7. The molecular weight excluding hydrogens is 285 g/mol. The highest BCUT2D eigenvalue weighted by Gasteiger charge is 2.07. The Kier molecular flexibility index (Phi) is 5.08. The summed E-state index contributed by atoms with van der Waals surface area (Å²) in [5.74, 6) is -0.991. The molecule has 0 aliphatic carbocycles. The largest absolute Gasteiger partial charge is 0.374 e. The first-order valence-electron chi connectivity index (χ1n) is 6.70. The fraction of sp³-hybridized carbons (Fsp3) is 0.125. The highest BCUT2D eigenvalue weighted by atomic mass is 19.1. The lowest BCUT2D eigenvalue weighted by Crippen LogP contribution is -2.23. The van der Waals surface area contributed by atoms with Crippen LogP contribution in [0.3, 0.4) is 0 Å². The molecule has 3 N–H and O–H groups in total. The van der Waals surface area contributed by atoms with E-state index in [2.05, 4.69) is 16.0 Å². The molecule has 0 heterocycles. The van der Waals surface area contributed by atoms with Gasteiger partial charge in [-0.15, -0.1) is 0 Å². The number of amides is 2. The lowest BCUT2D eigenvalue weighted by molar-refractivity contribution is -0.114. The highest BCUT2D eigenvalue weighted by Crippen LogP contribution is 2.13. The molecule has 0 atom stereocenters. The summed E-state index contributed by atoms with van der Waals surface area (Å²) in [5, 5.41) is 7.87. The highest BCUT2D eigenvalue weighted by molar-refractivity contribution is 5.97. The summed E-state index contributed by atoms with van der Waals surface area (Å²) in [4.78, 5) is 23.4. The van der Waals surface area contributed by atoms with E-state index in [1.54, 1.807) is 42.5 Å². The van der Waals surface area contributed by atoms with Gasteiger partial charge in [-0.2, -0.15) is 0 Å². The number of hydrogen-bond donors (Lipinski definition) is 3. The van der Waals surface area contributed by atoms with Crippen molar-refractivity contribution in [3.8, 4) is 0 Å². The second kappa shape index (κ2) is 7.21. The van der Waals surface area contributed by atoms with Crippen LogP contribution in [-0.4, -0.2) is 25.4 Å². The quantitative estimate of drug-likeness (QED) is 0.793. The second-order valence-electron chi connectivity index (χ2n) is 4.54. The molecular formula is C16H16FN3O2. The summed E-state index contributed by atoms with van der Waals surface area (Å²) in [7, 11) is 1.53. The average molecular weight is 301 g/mol. The van der Waals surface area contributed by atoms with Gasteiger partial charge in [-0.25, -0.2) is 4.39 Å². The van der Waals surface area contributed by atoms with Crippen molar-refractivity contribution in [2.75, 3.05) is 24.2 Å². The van der Waals surface area contributed by atoms with Gasteiger partial charge in [-0.3, -0.25) is 9.59 Å². The number of carbonyl (C=O) groups excluding carboxylic acids is 2. The number of halogens is 1. The van der Waals surface area contributed by atoms with E-state index in [-0.39, 0.29) is 24.0 Å². The van der Waals surface area contributed by atoms with Gasteiger partial charge in [0.1, 0.15) is 5.82 Å². The third kappa shape index (κ3) is 4.05. The predicted octanol–water partition coefficient (Wildman–Crippen LogP) is 2.24. The van der Waals surface area contributed by atoms with Gasteiger partial charge < -0.3 is 16.0 Å². The zero-order valence-electron chi connectivity index (χ0n) is 12.0. The molecule has 0 saturated carbocycles. The Hall–Kier alpha value is -2.89. The molecule has 114 valence electrons. The number of rotatable bonds is 5. The molecule has 2 aromatic carbocycles. The first kappa shape index (κ1) is 15.5. The Bertz CT molecular complexity index is 689. The first-order valence-corrected chi connectivity index (χ1v) is 6.70. The van der Waals surface area contributed by atoms with Crippen molar-refractivity contribution in [1.29, 1.82) is 0 Å². The zero-order valence-corrected chi connectivity index (χ0v) is 12.0. The standard InChI is InChI=1S/C16H16FN3O2/c1-18-16(22)11-5-4-6-12(9-11)20-15(21)10-19-14-8-3-2-7-13(14)17/h2-9,19H,10H2,1H3,(H,18,22)(H,20,21). The lowest BCUT2D eigenvalue weighted by atomic mass is 10.2. The van der Waals surface area contributed by atoms with Crippen LogP contribution in [0.1, 0.15) is 10.4 Å². The van der Waals surface area contributed by atoms with Gasteiger partial charge in [-0.05, 0) is 30.3 Å². The van der Waals surface area contributed by atoms with E-state index in [1.807, 2.05) is 0 Å². The number of carbonyl (C=O) groups is 2. The van der Waals surface area contributed by atoms with Crippen LogP contribution in [0.15, 0.2) is 48.5 Å². The molecule has 0 fully saturated rings. The van der Waals surface area contributed by atoms with E-state index < -0.39 is 5.82 Å². The Morgan fingerprint density at radius 1 is 1.09 bits per heavy atom. The maximum Gasteiger partial charge on any atom is 0.251 e. The topological polar surface area (TPSA) is 70.2 Å². The van der Waals surface area contributed by atoms with Gasteiger partial charge in [0, 0.05) is 18.3 Å². The van der Waals surface area contributed by atoms with E-state index in [1.165, 1.54) is 13.1 Å². The van der Waals surface area contributed by atoms with Gasteiger partial charge in [0.15, 0.2) is 0 Å². The maximum atomic E-state index is 13.4. The minimum absolute atomic E-state index is 0.0782. The van der Waals surface area contributed by atoms with E-state index in [4.69, 9.17) is 0 Å². The lowest BCUT2D eigenvalue weighted by Gasteiger charge is -2.09. The van der Waals surface area contributed by atoms with Crippen LogP contribution in [0.25, 0.3) is 0 Å². The minimum atomic E-state index is -0.420. The molecule has 2 aromatic rings. The number of nitrogens with one attached hydrogen (secondary N) is 3. The number of para-hydroxylation sites is 1. The van der Waals surface area contributed by atoms with E-state index in [0.717, 1.165) is 0 Å². The third-order valence-electron chi connectivity index (χ3n) is 2.95. The predicted molar refractivity (Wildman–Crippen MR) is 83.4 cm³/mol.